The fourth-order valence-corrected chi connectivity index (χ4v) is 2.24. The van der Waals surface area contributed by atoms with Crippen LogP contribution in [0.15, 0.2) is 73.2 Å². The minimum atomic E-state index is -0.384. The van der Waals surface area contributed by atoms with E-state index in [1.807, 2.05) is 48.7 Å². The van der Waals surface area contributed by atoms with Crippen molar-refractivity contribution < 1.29 is 14.3 Å². The first-order valence-corrected chi connectivity index (χ1v) is 8.06. The van der Waals surface area contributed by atoms with Gasteiger partial charge in [0, 0.05) is 24.7 Å². The first-order chi connectivity index (χ1) is 12.3. The molecule has 5 nitrogen and oxygen atoms in total. The van der Waals surface area contributed by atoms with Crippen molar-refractivity contribution in [3.8, 4) is 11.6 Å². The van der Waals surface area contributed by atoms with E-state index in [4.69, 9.17) is 9.47 Å². The van der Waals surface area contributed by atoms with Crippen LogP contribution in [0.5, 0.6) is 11.6 Å². The summed E-state index contributed by atoms with van der Waals surface area (Å²) in [6, 6.07) is 16.6. The summed E-state index contributed by atoms with van der Waals surface area (Å²) in [4.78, 5) is 20.2. The number of hydrogen-bond donors (Lipinski definition) is 0. The number of rotatable bonds is 7. The van der Waals surface area contributed by atoms with Crippen LogP contribution >= 0.6 is 0 Å². The Morgan fingerprint density at radius 3 is 2.56 bits per heavy atom. The van der Waals surface area contributed by atoms with Crippen molar-refractivity contribution in [3.05, 3.63) is 84.3 Å². The lowest BCUT2D eigenvalue weighted by atomic mass is 10.2. The Morgan fingerprint density at radius 2 is 1.84 bits per heavy atom. The van der Waals surface area contributed by atoms with Gasteiger partial charge in [-0.3, -0.25) is 4.98 Å². The largest absolute Gasteiger partial charge is 0.462 e. The average Bonchev–Trinajstić information content (AvgIpc) is 2.67. The van der Waals surface area contributed by atoms with Crippen LogP contribution in [-0.4, -0.2) is 22.5 Å². The maximum atomic E-state index is 12.0. The van der Waals surface area contributed by atoms with Crippen molar-refractivity contribution in [2.45, 2.75) is 12.8 Å². The van der Waals surface area contributed by atoms with E-state index in [9.17, 15) is 4.79 Å². The van der Waals surface area contributed by atoms with Gasteiger partial charge in [-0.2, -0.15) is 0 Å². The lowest BCUT2D eigenvalue weighted by molar-refractivity contribution is 0.0500. The fourth-order valence-electron chi connectivity index (χ4n) is 2.24. The molecule has 0 amide bonds. The number of benzene rings is 1. The van der Waals surface area contributed by atoms with E-state index in [0.29, 0.717) is 23.8 Å². The van der Waals surface area contributed by atoms with Crippen LogP contribution in [0.2, 0.25) is 0 Å². The lowest BCUT2D eigenvalue weighted by Crippen LogP contribution is -2.07. The molecule has 25 heavy (non-hydrogen) atoms. The van der Waals surface area contributed by atoms with E-state index in [-0.39, 0.29) is 5.97 Å². The maximum Gasteiger partial charge on any atom is 0.339 e. The molecule has 0 bridgehead atoms. The van der Waals surface area contributed by atoms with E-state index in [1.54, 1.807) is 18.3 Å². The molecule has 0 aliphatic carbocycles. The number of pyridine rings is 2. The number of para-hydroxylation sites is 1. The first-order valence-electron chi connectivity index (χ1n) is 8.06. The molecule has 0 unspecified atom stereocenters. The highest BCUT2D eigenvalue weighted by Crippen LogP contribution is 2.18. The second kappa shape index (κ2) is 8.59. The van der Waals surface area contributed by atoms with Crippen LogP contribution in [0.4, 0.5) is 0 Å². The number of ether oxygens (including phenoxy) is 2. The summed E-state index contributed by atoms with van der Waals surface area (Å²) >= 11 is 0. The summed E-state index contributed by atoms with van der Waals surface area (Å²) in [5.74, 6) is 0.741. The average molecular weight is 334 g/mol. The normalized spacial score (nSPS) is 10.2. The van der Waals surface area contributed by atoms with Gasteiger partial charge in [0.1, 0.15) is 5.75 Å². The van der Waals surface area contributed by atoms with E-state index in [1.165, 1.54) is 6.20 Å². The minimum Gasteiger partial charge on any atom is -0.462 e. The third kappa shape index (κ3) is 5.14. The molecular weight excluding hydrogens is 316 g/mol. The molecule has 3 rings (SSSR count). The third-order valence-electron chi connectivity index (χ3n) is 3.50. The van der Waals surface area contributed by atoms with E-state index in [0.717, 1.165) is 18.4 Å². The minimum absolute atomic E-state index is 0.357. The van der Waals surface area contributed by atoms with Crippen molar-refractivity contribution in [2.24, 2.45) is 0 Å². The van der Waals surface area contributed by atoms with Crippen molar-refractivity contribution in [1.29, 1.82) is 0 Å². The fraction of sp³-hybridized carbons (Fsp3) is 0.150. The molecule has 1 aromatic carbocycles. The Balaban J connectivity index is 1.46. The molecule has 0 aliphatic rings. The number of hydrogen-bond acceptors (Lipinski definition) is 5. The van der Waals surface area contributed by atoms with E-state index in [2.05, 4.69) is 9.97 Å². The third-order valence-corrected chi connectivity index (χ3v) is 3.50. The van der Waals surface area contributed by atoms with E-state index < -0.39 is 0 Å². The van der Waals surface area contributed by atoms with Gasteiger partial charge in [0.25, 0.3) is 0 Å². The first kappa shape index (κ1) is 16.6. The number of aromatic nitrogens is 2. The Bertz CT molecular complexity index is 790. The second-order valence-corrected chi connectivity index (χ2v) is 5.40. The van der Waals surface area contributed by atoms with Gasteiger partial charge in [-0.05, 0) is 42.7 Å². The van der Waals surface area contributed by atoms with E-state index >= 15 is 0 Å². The molecule has 126 valence electrons. The SMILES string of the molecule is O=C(OCCCc1cccnc1)c1ccc(Oc2ccccc2)nc1. The Hall–Kier alpha value is -3.21. The van der Waals surface area contributed by atoms with Crippen molar-refractivity contribution in [1.82, 2.24) is 9.97 Å². The molecule has 0 fully saturated rings. The Morgan fingerprint density at radius 1 is 0.960 bits per heavy atom. The zero-order valence-corrected chi connectivity index (χ0v) is 13.7. The van der Waals surface area contributed by atoms with Gasteiger partial charge in [-0.15, -0.1) is 0 Å². The zero-order chi connectivity index (χ0) is 17.3. The predicted octanol–water partition coefficient (Wildman–Crippen LogP) is 4.06. The molecule has 0 spiro atoms. The highest BCUT2D eigenvalue weighted by molar-refractivity contribution is 5.89. The molecule has 0 N–H and O–H groups in total. The van der Waals surface area contributed by atoms with Crippen molar-refractivity contribution in [2.75, 3.05) is 6.61 Å². The van der Waals surface area contributed by atoms with Gasteiger partial charge in [0.05, 0.1) is 12.2 Å². The highest BCUT2D eigenvalue weighted by atomic mass is 16.5. The summed E-state index contributed by atoms with van der Waals surface area (Å²) in [6.45, 7) is 0.357. The number of esters is 1. The lowest BCUT2D eigenvalue weighted by Gasteiger charge is -2.06. The van der Waals surface area contributed by atoms with Crippen LogP contribution in [0.25, 0.3) is 0 Å². The van der Waals surface area contributed by atoms with Crippen LogP contribution < -0.4 is 4.74 Å². The molecule has 3 aromatic rings. The smallest absolute Gasteiger partial charge is 0.339 e. The summed E-state index contributed by atoms with van der Waals surface area (Å²) in [6.07, 6.45) is 6.59. The summed E-state index contributed by atoms with van der Waals surface area (Å²) in [5, 5.41) is 0. The Kier molecular flexibility index (Phi) is 5.72. The van der Waals surface area contributed by atoms with Crippen molar-refractivity contribution >= 4 is 5.97 Å². The molecular formula is C20H18N2O3. The van der Waals surface area contributed by atoms with Gasteiger partial charge < -0.3 is 9.47 Å². The van der Waals surface area contributed by atoms with Gasteiger partial charge >= 0.3 is 5.97 Å². The van der Waals surface area contributed by atoms with Gasteiger partial charge in [0.2, 0.25) is 5.88 Å². The van der Waals surface area contributed by atoms with Crippen LogP contribution in [0, 0.1) is 0 Å². The highest BCUT2D eigenvalue weighted by Gasteiger charge is 2.08. The predicted molar refractivity (Wildman–Crippen MR) is 93.6 cm³/mol. The number of nitrogens with zero attached hydrogens (tertiary/aromatic N) is 2. The van der Waals surface area contributed by atoms with Gasteiger partial charge in [-0.1, -0.05) is 24.3 Å². The second-order valence-electron chi connectivity index (χ2n) is 5.40. The zero-order valence-electron chi connectivity index (χ0n) is 13.7. The summed E-state index contributed by atoms with van der Waals surface area (Å²) in [5.41, 5.74) is 1.53. The quantitative estimate of drug-likeness (QED) is 0.482. The number of carbonyl (C=O) groups is 1. The molecule has 2 aromatic heterocycles. The topological polar surface area (TPSA) is 61.3 Å². The molecule has 0 aliphatic heterocycles. The van der Waals surface area contributed by atoms with Gasteiger partial charge in [-0.25, -0.2) is 9.78 Å². The van der Waals surface area contributed by atoms with Gasteiger partial charge in [0.15, 0.2) is 0 Å². The Labute approximate surface area is 146 Å². The molecule has 2 heterocycles. The molecule has 5 heteroatoms. The molecule has 0 saturated carbocycles. The summed E-state index contributed by atoms with van der Waals surface area (Å²) in [7, 11) is 0. The molecule has 0 saturated heterocycles. The number of aryl methyl sites for hydroxylation is 1. The maximum absolute atomic E-state index is 12.0. The van der Waals surface area contributed by atoms with Crippen molar-refractivity contribution in [3.63, 3.8) is 0 Å². The molecule has 0 atom stereocenters. The monoisotopic (exact) mass is 334 g/mol. The summed E-state index contributed by atoms with van der Waals surface area (Å²) < 4.78 is 10.9. The number of carbonyl (C=O) groups excluding carboxylic acids is 1. The van der Waals surface area contributed by atoms with Crippen LogP contribution in [0.1, 0.15) is 22.3 Å². The van der Waals surface area contributed by atoms with Crippen LogP contribution in [-0.2, 0) is 11.2 Å². The van der Waals surface area contributed by atoms with Crippen LogP contribution in [0.3, 0.4) is 0 Å². The standard InChI is InChI=1S/C20H18N2O3/c23-20(24-13-5-7-16-6-4-12-21-14-16)17-10-11-19(22-15-17)25-18-8-2-1-3-9-18/h1-4,6,8-12,14-15H,5,7,13H2. The molecule has 0 radical (unpaired) electrons.